The summed E-state index contributed by atoms with van der Waals surface area (Å²) in [6.07, 6.45) is 2.63. The molecule has 0 aromatic rings. The molecule has 0 aliphatic rings. The van der Waals surface area contributed by atoms with Crippen molar-refractivity contribution in [1.82, 2.24) is 0 Å². The van der Waals surface area contributed by atoms with Gasteiger partial charge in [0.1, 0.15) is 12.6 Å². The van der Waals surface area contributed by atoms with E-state index in [0.29, 0.717) is 6.42 Å². The molecule has 0 rings (SSSR count). The van der Waals surface area contributed by atoms with Gasteiger partial charge >= 0.3 is 0 Å². The van der Waals surface area contributed by atoms with Crippen LogP contribution in [0.4, 0.5) is 0 Å². The van der Waals surface area contributed by atoms with Crippen LogP contribution in [-0.4, -0.2) is 12.6 Å². The molecule has 0 heterocycles. The summed E-state index contributed by atoms with van der Waals surface area (Å²) in [5, 5.41) is 0. The van der Waals surface area contributed by atoms with Gasteiger partial charge in [-0.3, -0.25) is 0 Å². The lowest BCUT2D eigenvalue weighted by molar-refractivity contribution is -0.118. The molecule has 2 atom stereocenters. The lowest BCUT2D eigenvalue weighted by Gasteiger charge is -2.33. The van der Waals surface area contributed by atoms with Crippen LogP contribution in [0, 0.1) is 22.7 Å². The summed E-state index contributed by atoms with van der Waals surface area (Å²) < 4.78 is 0. The number of carbonyl (C=O) groups excluding carboxylic acids is 2. The van der Waals surface area contributed by atoms with Gasteiger partial charge in [0.2, 0.25) is 0 Å². The van der Waals surface area contributed by atoms with Gasteiger partial charge in [-0.1, -0.05) is 41.5 Å². The highest BCUT2D eigenvalue weighted by molar-refractivity contribution is 5.59. The van der Waals surface area contributed by atoms with Crippen molar-refractivity contribution in [3.8, 4) is 0 Å². The molecule has 0 saturated heterocycles. The Bertz CT molecular complexity index is 194. The first-order valence-corrected chi connectivity index (χ1v) is 5.53. The van der Waals surface area contributed by atoms with Gasteiger partial charge < -0.3 is 9.59 Å². The highest BCUT2D eigenvalue weighted by Gasteiger charge is 2.32. The van der Waals surface area contributed by atoms with E-state index >= 15 is 0 Å². The van der Waals surface area contributed by atoms with Gasteiger partial charge in [0.15, 0.2) is 0 Å². The van der Waals surface area contributed by atoms with Gasteiger partial charge in [-0.2, -0.15) is 0 Å². The lowest BCUT2D eigenvalue weighted by Crippen LogP contribution is -2.30. The quantitative estimate of drug-likeness (QED) is 0.671. The second kappa shape index (κ2) is 4.91. The molecule has 15 heavy (non-hydrogen) atoms. The van der Waals surface area contributed by atoms with Crippen LogP contribution in [-0.2, 0) is 9.59 Å². The molecular formula is C13H24O2. The third kappa shape index (κ3) is 4.59. The Labute approximate surface area is 93.4 Å². The minimum absolute atomic E-state index is 0.0491. The fourth-order valence-corrected chi connectivity index (χ4v) is 1.50. The molecule has 0 aliphatic carbocycles. The maximum Gasteiger partial charge on any atom is 0.123 e. The van der Waals surface area contributed by atoms with Crippen molar-refractivity contribution in [2.75, 3.05) is 0 Å². The number of aldehydes is 2. The third-order valence-electron chi connectivity index (χ3n) is 3.06. The van der Waals surface area contributed by atoms with Crippen LogP contribution in [0.1, 0.15) is 48.0 Å². The molecule has 88 valence electrons. The molecule has 0 aliphatic heterocycles. The Morgan fingerprint density at radius 1 is 0.800 bits per heavy atom. The molecular weight excluding hydrogens is 188 g/mol. The van der Waals surface area contributed by atoms with Gasteiger partial charge in [0.25, 0.3) is 0 Å². The van der Waals surface area contributed by atoms with Crippen LogP contribution in [0.15, 0.2) is 0 Å². The van der Waals surface area contributed by atoms with Gasteiger partial charge in [-0.25, -0.2) is 0 Å². The zero-order valence-corrected chi connectivity index (χ0v) is 10.8. The summed E-state index contributed by atoms with van der Waals surface area (Å²) in [4.78, 5) is 22.0. The maximum atomic E-state index is 11.0. The van der Waals surface area contributed by atoms with E-state index in [0.717, 1.165) is 12.6 Å². The number of rotatable bonds is 4. The van der Waals surface area contributed by atoms with E-state index < -0.39 is 0 Å². The second-order valence-electron chi connectivity index (χ2n) is 6.45. The summed E-state index contributed by atoms with van der Waals surface area (Å²) in [5.74, 6) is -0.0983. The number of hydrogen-bond donors (Lipinski definition) is 0. The van der Waals surface area contributed by atoms with Gasteiger partial charge in [0, 0.05) is 11.8 Å². The van der Waals surface area contributed by atoms with Crippen LogP contribution >= 0.6 is 0 Å². The second-order valence-corrected chi connectivity index (χ2v) is 6.45. The van der Waals surface area contributed by atoms with Crippen molar-refractivity contribution in [1.29, 1.82) is 0 Å². The van der Waals surface area contributed by atoms with E-state index in [1.807, 2.05) is 41.5 Å². The van der Waals surface area contributed by atoms with E-state index in [9.17, 15) is 9.59 Å². The van der Waals surface area contributed by atoms with Crippen LogP contribution in [0.25, 0.3) is 0 Å². The standard InChI is InChI=1S/C13H24O2/c1-12(2,3)10(8-14)7-11(9-15)13(4,5)6/h8-11H,7H2,1-6H3. The summed E-state index contributed by atoms with van der Waals surface area (Å²) in [6.45, 7) is 12.2. The largest absolute Gasteiger partial charge is 0.303 e. The van der Waals surface area contributed by atoms with E-state index in [4.69, 9.17) is 0 Å². The summed E-state index contributed by atoms with van der Waals surface area (Å²) >= 11 is 0. The Hall–Kier alpha value is -0.660. The average Bonchev–Trinajstić information content (AvgIpc) is 2.01. The molecule has 0 aromatic carbocycles. The number of carbonyl (C=O) groups is 2. The highest BCUT2D eigenvalue weighted by Crippen LogP contribution is 2.35. The van der Waals surface area contributed by atoms with Crippen molar-refractivity contribution in [3.63, 3.8) is 0 Å². The van der Waals surface area contributed by atoms with Crippen molar-refractivity contribution >= 4 is 12.6 Å². The molecule has 2 unspecified atom stereocenters. The summed E-state index contributed by atoms with van der Waals surface area (Å²) in [7, 11) is 0. The smallest absolute Gasteiger partial charge is 0.123 e. The first kappa shape index (κ1) is 14.3. The highest BCUT2D eigenvalue weighted by atomic mass is 16.1. The van der Waals surface area contributed by atoms with Gasteiger partial charge in [0.05, 0.1) is 0 Å². The molecule has 0 saturated carbocycles. The van der Waals surface area contributed by atoms with E-state index in [1.165, 1.54) is 0 Å². The molecule has 0 bridgehead atoms. The molecule has 0 radical (unpaired) electrons. The van der Waals surface area contributed by atoms with E-state index in [2.05, 4.69) is 0 Å². The zero-order chi connectivity index (χ0) is 12.3. The number of hydrogen-bond acceptors (Lipinski definition) is 2. The maximum absolute atomic E-state index is 11.0. The summed E-state index contributed by atoms with van der Waals surface area (Å²) in [6, 6.07) is 0. The van der Waals surface area contributed by atoms with Crippen LogP contribution in [0.2, 0.25) is 0 Å². The molecule has 0 spiro atoms. The van der Waals surface area contributed by atoms with Crippen molar-refractivity contribution in [2.45, 2.75) is 48.0 Å². The molecule has 0 fully saturated rings. The Kier molecular flexibility index (Phi) is 4.69. The average molecular weight is 212 g/mol. The van der Waals surface area contributed by atoms with E-state index in [1.54, 1.807) is 0 Å². The Morgan fingerprint density at radius 3 is 1.20 bits per heavy atom. The Balaban J connectivity index is 4.67. The van der Waals surface area contributed by atoms with Gasteiger partial charge in [-0.05, 0) is 17.3 Å². The lowest BCUT2D eigenvalue weighted by atomic mass is 9.70. The van der Waals surface area contributed by atoms with Crippen molar-refractivity contribution < 1.29 is 9.59 Å². The minimum atomic E-state index is -0.0613. The van der Waals surface area contributed by atoms with Crippen molar-refractivity contribution in [3.05, 3.63) is 0 Å². The fraction of sp³-hybridized carbons (Fsp3) is 0.846. The normalized spacial score (nSPS) is 16.9. The zero-order valence-electron chi connectivity index (χ0n) is 10.8. The molecule has 0 amide bonds. The van der Waals surface area contributed by atoms with Gasteiger partial charge in [-0.15, -0.1) is 0 Å². The molecule has 2 nitrogen and oxygen atoms in total. The SMILES string of the molecule is CC(C)(C)C(C=O)CC(C=O)C(C)(C)C. The van der Waals surface area contributed by atoms with E-state index in [-0.39, 0.29) is 22.7 Å². The fourth-order valence-electron chi connectivity index (χ4n) is 1.50. The predicted octanol–water partition coefficient (Wildman–Crippen LogP) is 3.10. The first-order chi connectivity index (χ1) is 6.62. The minimum Gasteiger partial charge on any atom is -0.303 e. The predicted molar refractivity (Wildman–Crippen MR) is 62.6 cm³/mol. The molecule has 2 heteroatoms. The Morgan fingerprint density at radius 2 is 1.07 bits per heavy atom. The summed E-state index contributed by atoms with van der Waals surface area (Å²) in [5.41, 5.74) is -0.122. The van der Waals surface area contributed by atoms with Crippen molar-refractivity contribution in [2.24, 2.45) is 22.7 Å². The van der Waals surface area contributed by atoms with Crippen LogP contribution in [0.5, 0.6) is 0 Å². The van der Waals surface area contributed by atoms with Crippen LogP contribution < -0.4 is 0 Å². The first-order valence-electron chi connectivity index (χ1n) is 5.53. The topological polar surface area (TPSA) is 34.1 Å². The third-order valence-corrected chi connectivity index (χ3v) is 3.06. The molecule has 0 aromatic heterocycles. The monoisotopic (exact) mass is 212 g/mol. The molecule has 0 N–H and O–H groups in total. The van der Waals surface area contributed by atoms with Crippen LogP contribution in [0.3, 0.4) is 0 Å².